The van der Waals surface area contributed by atoms with E-state index >= 15 is 0 Å². The molecule has 0 bridgehead atoms. The fraction of sp³-hybridized carbons (Fsp3) is 0.316. The van der Waals surface area contributed by atoms with E-state index < -0.39 is 0 Å². The maximum absolute atomic E-state index is 12.7. The number of hydrogen-bond acceptors (Lipinski definition) is 3. The molecule has 2 heterocycles. The third kappa shape index (κ3) is 2.77. The van der Waals surface area contributed by atoms with Crippen LogP contribution in [0.2, 0.25) is 0 Å². The van der Waals surface area contributed by atoms with E-state index in [-0.39, 0.29) is 11.9 Å². The summed E-state index contributed by atoms with van der Waals surface area (Å²) in [4.78, 5) is 17.3. The van der Waals surface area contributed by atoms with Crippen molar-refractivity contribution in [2.45, 2.75) is 40.7 Å². The molecule has 0 saturated heterocycles. The van der Waals surface area contributed by atoms with Crippen LogP contribution in [0.25, 0.3) is 11.0 Å². The van der Waals surface area contributed by atoms with Crippen molar-refractivity contribution < 1.29 is 4.79 Å². The summed E-state index contributed by atoms with van der Waals surface area (Å²) in [6, 6.07) is 7.98. The molecule has 0 aliphatic rings. The molecule has 0 aliphatic carbocycles. The second-order valence-corrected chi connectivity index (χ2v) is 6.42. The first-order valence-corrected chi connectivity index (χ1v) is 8.11. The van der Waals surface area contributed by atoms with Crippen molar-refractivity contribution in [2.75, 3.05) is 5.32 Å². The van der Waals surface area contributed by atoms with E-state index in [1.54, 1.807) is 6.20 Å². The van der Waals surface area contributed by atoms with Crippen LogP contribution in [-0.2, 0) is 0 Å². The molecule has 3 aromatic rings. The topological polar surface area (TPSA) is 59.8 Å². The van der Waals surface area contributed by atoms with Gasteiger partial charge in [-0.25, -0.2) is 9.67 Å². The van der Waals surface area contributed by atoms with Gasteiger partial charge in [0.1, 0.15) is 0 Å². The molecule has 0 saturated carbocycles. The van der Waals surface area contributed by atoms with Crippen LogP contribution in [0.15, 0.2) is 30.5 Å². The van der Waals surface area contributed by atoms with Gasteiger partial charge in [-0.15, -0.1) is 0 Å². The molecule has 0 fully saturated rings. The van der Waals surface area contributed by atoms with E-state index in [1.807, 2.05) is 49.7 Å². The average Bonchev–Trinajstić information content (AvgIpc) is 2.93. The summed E-state index contributed by atoms with van der Waals surface area (Å²) in [6.45, 7) is 10.0. The molecule has 1 amide bonds. The van der Waals surface area contributed by atoms with Crippen LogP contribution in [0.3, 0.4) is 0 Å². The first kappa shape index (κ1) is 16.2. The van der Waals surface area contributed by atoms with Crippen LogP contribution in [0, 0.1) is 20.8 Å². The minimum Gasteiger partial charge on any atom is -0.322 e. The number of aryl methyl sites for hydroxylation is 2. The zero-order valence-corrected chi connectivity index (χ0v) is 14.7. The van der Waals surface area contributed by atoms with Crippen molar-refractivity contribution in [3.05, 3.63) is 52.8 Å². The summed E-state index contributed by atoms with van der Waals surface area (Å²) in [5.41, 5.74) is 5.14. The maximum atomic E-state index is 12.7. The predicted octanol–water partition coefficient (Wildman–Crippen LogP) is 4.19. The third-order valence-corrected chi connectivity index (χ3v) is 4.35. The molecule has 0 radical (unpaired) electrons. The Balaban J connectivity index is 1.98. The highest BCUT2D eigenvalue weighted by Gasteiger charge is 2.16. The summed E-state index contributed by atoms with van der Waals surface area (Å²) in [5.74, 6) is -0.145. The number of anilines is 1. The Hall–Kier alpha value is -2.69. The number of benzene rings is 1. The molecular weight excluding hydrogens is 300 g/mol. The van der Waals surface area contributed by atoms with Gasteiger partial charge in [0.15, 0.2) is 5.65 Å². The lowest BCUT2D eigenvalue weighted by Gasteiger charge is -2.12. The highest BCUT2D eigenvalue weighted by atomic mass is 16.1. The Bertz CT molecular complexity index is 925. The predicted molar refractivity (Wildman–Crippen MR) is 96.5 cm³/mol. The van der Waals surface area contributed by atoms with Crippen molar-refractivity contribution >= 4 is 22.6 Å². The van der Waals surface area contributed by atoms with E-state index in [9.17, 15) is 4.79 Å². The van der Waals surface area contributed by atoms with Crippen LogP contribution in [0.5, 0.6) is 0 Å². The number of rotatable bonds is 3. The van der Waals surface area contributed by atoms with Gasteiger partial charge in [-0.05, 0) is 57.9 Å². The highest BCUT2D eigenvalue weighted by molar-refractivity contribution is 6.07. The SMILES string of the molecule is Cc1cccc(NC(=O)c2cc3cnn(C(C)C)c3nc2C)c1C. The summed E-state index contributed by atoms with van der Waals surface area (Å²) < 4.78 is 1.87. The van der Waals surface area contributed by atoms with E-state index in [0.717, 1.165) is 27.8 Å². The number of carbonyl (C=O) groups is 1. The van der Waals surface area contributed by atoms with E-state index in [1.165, 1.54) is 0 Å². The number of nitrogens with zero attached hydrogens (tertiary/aromatic N) is 3. The Morgan fingerprint density at radius 2 is 1.96 bits per heavy atom. The number of pyridine rings is 1. The van der Waals surface area contributed by atoms with Crippen molar-refractivity contribution in [3.63, 3.8) is 0 Å². The Labute approximate surface area is 141 Å². The lowest BCUT2D eigenvalue weighted by molar-refractivity contribution is 0.102. The smallest absolute Gasteiger partial charge is 0.257 e. The zero-order valence-electron chi connectivity index (χ0n) is 14.7. The van der Waals surface area contributed by atoms with Crippen molar-refractivity contribution in [3.8, 4) is 0 Å². The molecule has 0 aliphatic heterocycles. The fourth-order valence-electron chi connectivity index (χ4n) is 2.75. The van der Waals surface area contributed by atoms with Crippen molar-refractivity contribution in [1.29, 1.82) is 0 Å². The van der Waals surface area contributed by atoms with Gasteiger partial charge in [0.2, 0.25) is 0 Å². The van der Waals surface area contributed by atoms with Crippen molar-refractivity contribution in [2.24, 2.45) is 0 Å². The lowest BCUT2D eigenvalue weighted by atomic mass is 10.1. The third-order valence-electron chi connectivity index (χ3n) is 4.35. The standard InChI is InChI=1S/C19H22N4O/c1-11(2)23-18-15(10-20-23)9-16(14(5)21-18)19(24)22-17-8-6-7-12(3)13(17)4/h6-11H,1-5H3,(H,22,24). The number of amides is 1. The van der Waals surface area contributed by atoms with Crippen LogP contribution in [0.4, 0.5) is 5.69 Å². The molecule has 124 valence electrons. The maximum Gasteiger partial charge on any atom is 0.257 e. The number of fused-ring (bicyclic) bond motifs is 1. The Morgan fingerprint density at radius 3 is 2.67 bits per heavy atom. The summed E-state index contributed by atoms with van der Waals surface area (Å²) >= 11 is 0. The molecule has 0 atom stereocenters. The van der Waals surface area contributed by atoms with Gasteiger partial charge in [-0.3, -0.25) is 4.79 Å². The van der Waals surface area contributed by atoms with Crippen molar-refractivity contribution in [1.82, 2.24) is 14.8 Å². The van der Waals surface area contributed by atoms with Gasteiger partial charge in [0.25, 0.3) is 5.91 Å². The molecule has 2 aromatic heterocycles. The van der Waals surface area contributed by atoms with Crippen LogP contribution in [0.1, 0.15) is 47.1 Å². The molecule has 0 unspecified atom stereocenters. The Morgan fingerprint density at radius 1 is 1.21 bits per heavy atom. The molecular formula is C19H22N4O. The number of aromatic nitrogens is 3. The van der Waals surface area contributed by atoms with Gasteiger partial charge >= 0.3 is 0 Å². The summed E-state index contributed by atoms with van der Waals surface area (Å²) in [6.07, 6.45) is 1.76. The van der Waals surface area contributed by atoms with E-state index in [2.05, 4.69) is 29.2 Å². The van der Waals surface area contributed by atoms with Gasteiger partial charge in [-0.2, -0.15) is 5.10 Å². The van der Waals surface area contributed by atoms with E-state index in [0.29, 0.717) is 11.3 Å². The highest BCUT2D eigenvalue weighted by Crippen LogP contribution is 2.22. The lowest BCUT2D eigenvalue weighted by Crippen LogP contribution is -2.15. The number of nitrogens with one attached hydrogen (secondary N) is 1. The molecule has 24 heavy (non-hydrogen) atoms. The zero-order chi connectivity index (χ0) is 17.4. The van der Waals surface area contributed by atoms with Crippen LogP contribution < -0.4 is 5.32 Å². The van der Waals surface area contributed by atoms with Gasteiger partial charge < -0.3 is 5.32 Å². The molecule has 1 N–H and O–H groups in total. The van der Waals surface area contributed by atoms with Crippen LogP contribution in [-0.4, -0.2) is 20.7 Å². The van der Waals surface area contributed by atoms with Gasteiger partial charge in [0, 0.05) is 17.1 Å². The largest absolute Gasteiger partial charge is 0.322 e. The quantitative estimate of drug-likeness (QED) is 0.786. The van der Waals surface area contributed by atoms with Gasteiger partial charge in [-0.1, -0.05) is 12.1 Å². The number of carbonyl (C=O) groups excluding carboxylic acids is 1. The molecule has 5 heteroatoms. The summed E-state index contributed by atoms with van der Waals surface area (Å²) in [5, 5.41) is 8.24. The Kier molecular flexibility index (Phi) is 4.09. The fourth-order valence-corrected chi connectivity index (χ4v) is 2.75. The number of hydrogen-bond donors (Lipinski definition) is 1. The first-order chi connectivity index (χ1) is 11.4. The molecule has 1 aromatic carbocycles. The first-order valence-electron chi connectivity index (χ1n) is 8.11. The molecule has 3 rings (SSSR count). The second kappa shape index (κ2) is 6.07. The van der Waals surface area contributed by atoms with E-state index in [4.69, 9.17) is 0 Å². The van der Waals surface area contributed by atoms with Gasteiger partial charge in [0.05, 0.1) is 17.5 Å². The minimum absolute atomic E-state index is 0.145. The minimum atomic E-state index is -0.145. The summed E-state index contributed by atoms with van der Waals surface area (Å²) in [7, 11) is 0. The average molecular weight is 322 g/mol. The molecule has 5 nitrogen and oxygen atoms in total. The molecule has 0 spiro atoms. The second-order valence-electron chi connectivity index (χ2n) is 6.42. The normalized spacial score (nSPS) is 11.2. The van der Waals surface area contributed by atoms with Crippen LogP contribution >= 0.6 is 0 Å². The monoisotopic (exact) mass is 322 g/mol.